The lowest BCUT2D eigenvalue weighted by atomic mass is 9.86. The number of carbonyl (C=O) groups is 3. The van der Waals surface area contributed by atoms with E-state index in [1.165, 1.54) is 0 Å². The van der Waals surface area contributed by atoms with E-state index in [0.29, 0.717) is 30.8 Å². The van der Waals surface area contributed by atoms with Crippen LogP contribution in [-0.4, -0.2) is 40.0 Å². The number of amides is 1. The monoisotopic (exact) mass is 446 g/mol. The highest BCUT2D eigenvalue weighted by molar-refractivity contribution is 6.44. The molecule has 0 saturated carbocycles. The highest BCUT2D eigenvalue weighted by Gasteiger charge is 2.51. The average Bonchev–Trinajstić information content (AvgIpc) is 3.41. The first-order valence-corrected chi connectivity index (χ1v) is 11.2. The Morgan fingerprint density at radius 1 is 1.09 bits per heavy atom. The van der Waals surface area contributed by atoms with Crippen LogP contribution >= 0.6 is 0 Å². The Labute approximate surface area is 193 Å². The molecule has 0 aliphatic carbocycles. The van der Waals surface area contributed by atoms with E-state index in [0.717, 1.165) is 5.56 Å². The number of nitrogens with zero attached hydrogens (tertiary/aromatic N) is 2. The number of ketones is 2. The minimum atomic E-state index is -1.07. The molecule has 1 saturated heterocycles. The van der Waals surface area contributed by atoms with Gasteiger partial charge in [-0.05, 0) is 43.7 Å². The number of rotatable bonds is 9. The number of hydrogen-bond donors (Lipinski definition) is 1. The summed E-state index contributed by atoms with van der Waals surface area (Å²) in [6.45, 7) is 4.93. The molecule has 7 heteroatoms. The number of nitrogens with one attached hydrogen (secondary N) is 1. The van der Waals surface area contributed by atoms with Gasteiger partial charge in [-0.25, -0.2) is 4.57 Å². The predicted octanol–water partition coefficient (Wildman–Crippen LogP) is 3.13. The zero-order valence-electron chi connectivity index (χ0n) is 18.8. The molecule has 1 N–H and O–H groups in total. The third kappa shape index (κ3) is 4.87. The Morgan fingerprint density at radius 3 is 2.45 bits per heavy atom. The van der Waals surface area contributed by atoms with Crippen molar-refractivity contribution in [1.29, 1.82) is 0 Å². The first-order chi connectivity index (χ1) is 16.0. The van der Waals surface area contributed by atoms with Crippen molar-refractivity contribution in [3.8, 4) is 5.75 Å². The molecular weight excluding hydrogens is 418 g/mol. The second-order valence-corrected chi connectivity index (χ2v) is 8.45. The summed E-state index contributed by atoms with van der Waals surface area (Å²) in [5.74, 6) is -2.01. The van der Waals surface area contributed by atoms with Gasteiger partial charge >= 0.3 is 0 Å². The normalized spacial score (nSPS) is 18.2. The number of Topliss-reactive ketones (excluding diaryl/α,β-unsaturated/α-hetero) is 2. The summed E-state index contributed by atoms with van der Waals surface area (Å²) >= 11 is 0. The van der Waals surface area contributed by atoms with Crippen molar-refractivity contribution >= 4 is 17.5 Å². The summed E-state index contributed by atoms with van der Waals surface area (Å²) in [5, 5.41) is 0. The van der Waals surface area contributed by atoms with E-state index < -0.39 is 23.7 Å². The molecule has 1 aromatic heterocycles. The molecule has 3 aromatic rings. The van der Waals surface area contributed by atoms with E-state index in [-0.39, 0.29) is 11.9 Å². The lowest BCUT2D eigenvalue weighted by molar-refractivity contribution is -0.695. The molecule has 0 bridgehead atoms. The highest BCUT2D eigenvalue weighted by atomic mass is 16.5. The van der Waals surface area contributed by atoms with Gasteiger partial charge in [0.15, 0.2) is 5.78 Å². The van der Waals surface area contributed by atoms with Crippen LogP contribution in [0.25, 0.3) is 0 Å². The van der Waals surface area contributed by atoms with Crippen LogP contribution in [0.1, 0.15) is 42.2 Å². The molecule has 4 rings (SSSR count). The molecule has 1 fully saturated rings. The van der Waals surface area contributed by atoms with E-state index in [4.69, 9.17) is 4.74 Å². The molecule has 1 aliphatic heterocycles. The predicted molar refractivity (Wildman–Crippen MR) is 122 cm³/mol. The maximum absolute atomic E-state index is 13.5. The molecule has 0 spiro atoms. The fourth-order valence-electron chi connectivity index (χ4n) is 4.28. The minimum absolute atomic E-state index is 0.0148. The van der Waals surface area contributed by atoms with Crippen molar-refractivity contribution in [1.82, 2.24) is 9.88 Å². The first kappa shape index (κ1) is 22.5. The number of ether oxygens (including phenoxy) is 1. The van der Waals surface area contributed by atoms with Crippen LogP contribution in [0.3, 0.4) is 0 Å². The second kappa shape index (κ2) is 9.81. The first-order valence-electron chi connectivity index (χ1n) is 11.2. The molecule has 2 unspecified atom stereocenters. The van der Waals surface area contributed by atoms with Gasteiger partial charge < -0.3 is 9.64 Å². The molecule has 1 aliphatic rings. The quantitative estimate of drug-likeness (QED) is 0.237. The summed E-state index contributed by atoms with van der Waals surface area (Å²) < 4.78 is 7.63. The summed E-state index contributed by atoms with van der Waals surface area (Å²) in [6, 6.07) is 15.5. The average molecular weight is 447 g/mol. The van der Waals surface area contributed by atoms with Crippen molar-refractivity contribution < 1.29 is 23.7 Å². The van der Waals surface area contributed by atoms with Gasteiger partial charge in [0.05, 0.1) is 18.7 Å². The topological polar surface area (TPSA) is 83.3 Å². The van der Waals surface area contributed by atoms with Crippen molar-refractivity contribution in [2.75, 3.05) is 6.54 Å². The molecule has 1 amide bonds. The second-order valence-electron chi connectivity index (χ2n) is 8.45. The number of H-pyrrole nitrogens is 1. The van der Waals surface area contributed by atoms with Crippen molar-refractivity contribution in [2.24, 2.45) is 5.92 Å². The summed E-state index contributed by atoms with van der Waals surface area (Å²) in [4.78, 5) is 44.1. The van der Waals surface area contributed by atoms with Gasteiger partial charge in [0, 0.05) is 18.5 Å². The number of aromatic nitrogens is 2. The molecule has 2 atom stereocenters. The zero-order chi connectivity index (χ0) is 23.4. The number of aromatic amines is 1. The van der Waals surface area contributed by atoms with Crippen molar-refractivity contribution in [2.45, 2.75) is 39.0 Å². The Hall–Kier alpha value is -3.74. The van der Waals surface area contributed by atoms with Crippen LogP contribution < -0.4 is 9.30 Å². The van der Waals surface area contributed by atoms with Gasteiger partial charge in [0.1, 0.15) is 24.1 Å². The van der Waals surface area contributed by atoms with Crippen LogP contribution in [0.15, 0.2) is 73.3 Å². The molecule has 0 radical (unpaired) electrons. The Morgan fingerprint density at radius 2 is 1.82 bits per heavy atom. The molecule has 7 nitrogen and oxygen atoms in total. The summed E-state index contributed by atoms with van der Waals surface area (Å²) in [5.41, 5.74) is 1.17. The molecule has 33 heavy (non-hydrogen) atoms. The number of aryl methyl sites for hydroxylation is 1. The maximum Gasteiger partial charge on any atom is 0.291 e. The Balaban J connectivity index is 1.60. The maximum atomic E-state index is 13.5. The summed E-state index contributed by atoms with van der Waals surface area (Å²) in [6.07, 6.45) is 6.24. The SMILES string of the molecule is CC(C)Oc1ccc(C(=O)C2C(=O)C(=O)N(CCC[n+]3cc[nH]c3)C2c2ccccc2)cc1. The molecule has 2 aromatic carbocycles. The van der Waals surface area contributed by atoms with E-state index in [9.17, 15) is 14.4 Å². The van der Waals surface area contributed by atoms with Gasteiger partial charge in [-0.15, -0.1) is 0 Å². The van der Waals surface area contributed by atoms with Crippen LogP contribution in [0.4, 0.5) is 0 Å². The fourth-order valence-corrected chi connectivity index (χ4v) is 4.28. The van der Waals surface area contributed by atoms with Crippen LogP contribution in [-0.2, 0) is 16.1 Å². The lowest BCUT2D eigenvalue weighted by Gasteiger charge is -2.27. The molecule has 170 valence electrons. The van der Waals surface area contributed by atoms with Crippen LogP contribution in [0.2, 0.25) is 0 Å². The number of likely N-dealkylation sites (tertiary alicyclic amines) is 1. The van der Waals surface area contributed by atoms with E-state index in [1.54, 1.807) is 29.2 Å². The van der Waals surface area contributed by atoms with Gasteiger partial charge in [0.2, 0.25) is 12.1 Å². The van der Waals surface area contributed by atoms with Crippen LogP contribution in [0, 0.1) is 5.92 Å². The van der Waals surface area contributed by atoms with E-state index in [1.807, 2.05) is 67.5 Å². The molecular formula is C26H28N3O4+. The minimum Gasteiger partial charge on any atom is -0.491 e. The standard InChI is InChI=1S/C26H27N3O4/c1-18(2)33-21-11-9-20(10-12-21)24(30)22-23(19-7-4-3-5-8-19)29(26(32)25(22)31)15-6-14-28-16-13-27-17-28/h3-5,7-13,16-18,22-23H,6,14-15H2,1-2H3/p+1. The number of hydrogen-bond acceptors (Lipinski definition) is 4. The van der Waals surface area contributed by atoms with E-state index in [2.05, 4.69) is 4.98 Å². The third-order valence-electron chi connectivity index (χ3n) is 5.76. The number of imidazole rings is 1. The highest BCUT2D eigenvalue weighted by Crippen LogP contribution is 2.38. The number of carbonyl (C=O) groups excluding carboxylic acids is 3. The Kier molecular flexibility index (Phi) is 6.68. The van der Waals surface area contributed by atoms with Crippen LogP contribution in [0.5, 0.6) is 5.75 Å². The molecule has 2 heterocycles. The third-order valence-corrected chi connectivity index (χ3v) is 5.76. The van der Waals surface area contributed by atoms with Gasteiger partial charge in [-0.1, -0.05) is 30.3 Å². The van der Waals surface area contributed by atoms with Gasteiger partial charge in [0.25, 0.3) is 5.91 Å². The van der Waals surface area contributed by atoms with E-state index >= 15 is 0 Å². The fraction of sp³-hybridized carbons (Fsp3) is 0.308. The van der Waals surface area contributed by atoms with Gasteiger partial charge in [-0.2, -0.15) is 0 Å². The largest absolute Gasteiger partial charge is 0.491 e. The number of benzene rings is 2. The van der Waals surface area contributed by atoms with Crippen molar-refractivity contribution in [3.05, 3.63) is 84.4 Å². The Bertz CT molecular complexity index is 1110. The lowest BCUT2D eigenvalue weighted by Crippen LogP contribution is -2.36. The van der Waals surface area contributed by atoms with Crippen molar-refractivity contribution in [3.63, 3.8) is 0 Å². The smallest absolute Gasteiger partial charge is 0.291 e. The zero-order valence-corrected chi connectivity index (χ0v) is 18.8. The van der Waals surface area contributed by atoms with Gasteiger partial charge in [-0.3, -0.25) is 19.4 Å². The summed E-state index contributed by atoms with van der Waals surface area (Å²) in [7, 11) is 0.